The molecule has 2 nitrogen and oxygen atoms in total. The zero-order chi connectivity index (χ0) is 20.1. The number of hydrogen-bond acceptors (Lipinski definition) is 2. The van der Waals surface area contributed by atoms with E-state index in [1.165, 1.54) is 77.0 Å². The molecular weight excluding hydrogens is 332 g/mol. The van der Waals surface area contributed by atoms with Crippen LogP contribution in [0.25, 0.3) is 0 Å². The van der Waals surface area contributed by atoms with Crippen molar-refractivity contribution in [2.24, 2.45) is 17.3 Å². The molecule has 0 aromatic heterocycles. The maximum absolute atomic E-state index is 12.5. The van der Waals surface area contributed by atoms with Gasteiger partial charge in [-0.1, -0.05) is 91.4 Å². The highest BCUT2D eigenvalue weighted by Crippen LogP contribution is 2.34. The van der Waals surface area contributed by atoms with E-state index in [4.69, 9.17) is 5.11 Å². The Balaban J connectivity index is 0.000000646. The van der Waals surface area contributed by atoms with Gasteiger partial charge >= 0.3 is 0 Å². The number of aliphatic hydroxyl groups excluding tert-OH is 1. The lowest BCUT2D eigenvalue weighted by Gasteiger charge is -2.28. The van der Waals surface area contributed by atoms with Crippen LogP contribution in [0.3, 0.4) is 0 Å². The van der Waals surface area contributed by atoms with Crippen molar-refractivity contribution in [1.82, 2.24) is 0 Å². The first-order chi connectivity index (χ1) is 12.8. The summed E-state index contributed by atoms with van der Waals surface area (Å²) in [6.45, 7) is 8.35. The Labute approximate surface area is 169 Å². The van der Waals surface area contributed by atoms with E-state index >= 15 is 0 Å². The maximum Gasteiger partial charge on any atom is 0.136 e. The molecule has 0 saturated heterocycles. The van der Waals surface area contributed by atoms with Crippen LogP contribution < -0.4 is 0 Å². The first-order valence-corrected chi connectivity index (χ1v) is 12.0. The number of rotatable bonds is 9. The van der Waals surface area contributed by atoms with Crippen LogP contribution in [0.4, 0.5) is 0 Å². The molecule has 1 N–H and O–H groups in total. The van der Waals surface area contributed by atoms with Crippen LogP contribution in [-0.2, 0) is 4.79 Å². The number of aliphatic hydroxyl groups is 1. The maximum atomic E-state index is 12.5. The quantitative estimate of drug-likeness (QED) is 0.421. The van der Waals surface area contributed by atoms with E-state index in [1.54, 1.807) is 6.92 Å². The van der Waals surface area contributed by atoms with E-state index in [1.807, 2.05) is 6.92 Å². The molecular formula is C25H48O2. The molecule has 2 saturated carbocycles. The molecule has 0 aromatic carbocycles. The van der Waals surface area contributed by atoms with Crippen LogP contribution in [0, 0.1) is 17.3 Å². The van der Waals surface area contributed by atoms with Gasteiger partial charge in [-0.05, 0) is 43.9 Å². The second-order valence-electron chi connectivity index (χ2n) is 10.1. The summed E-state index contributed by atoms with van der Waals surface area (Å²) in [5, 5.41) is 8.36. The molecule has 0 amide bonds. The zero-order valence-corrected chi connectivity index (χ0v) is 18.9. The predicted molar refractivity (Wildman–Crippen MR) is 117 cm³/mol. The topological polar surface area (TPSA) is 37.3 Å². The van der Waals surface area contributed by atoms with Crippen LogP contribution in [0.15, 0.2) is 0 Å². The molecule has 2 fully saturated rings. The average Bonchev–Trinajstić information content (AvgIpc) is 2.67. The zero-order valence-electron chi connectivity index (χ0n) is 18.9. The van der Waals surface area contributed by atoms with Crippen molar-refractivity contribution < 1.29 is 9.90 Å². The second kappa shape index (κ2) is 13.7. The molecule has 2 heteroatoms. The van der Waals surface area contributed by atoms with Gasteiger partial charge in [0.15, 0.2) is 0 Å². The summed E-state index contributed by atoms with van der Waals surface area (Å²) in [4.78, 5) is 12.5. The van der Waals surface area contributed by atoms with Crippen LogP contribution in [0.5, 0.6) is 0 Å². The number of unbranched alkanes of at least 4 members (excludes halogenated alkanes) is 1. The van der Waals surface area contributed by atoms with Crippen molar-refractivity contribution in [3.8, 4) is 0 Å². The monoisotopic (exact) mass is 380 g/mol. The first kappa shape index (κ1) is 24.7. The molecule has 160 valence electrons. The van der Waals surface area contributed by atoms with Gasteiger partial charge in [0, 0.05) is 12.3 Å². The Kier molecular flexibility index (Phi) is 12.6. The van der Waals surface area contributed by atoms with Crippen molar-refractivity contribution in [3.05, 3.63) is 0 Å². The molecule has 0 bridgehead atoms. The lowest BCUT2D eigenvalue weighted by atomic mass is 9.76. The minimum atomic E-state index is -0.116. The lowest BCUT2D eigenvalue weighted by molar-refractivity contribution is -0.125. The molecule has 0 radical (unpaired) electrons. The van der Waals surface area contributed by atoms with Gasteiger partial charge in [0.2, 0.25) is 0 Å². The molecule has 2 rings (SSSR count). The Hall–Kier alpha value is -0.370. The summed E-state index contributed by atoms with van der Waals surface area (Å²) in [5.74, 6) is 1.98. The SMILES string of the molecule is CC(C)(CCCCC1CCCCC1)CC(=O)C1CCCCC1.CCC(C)O. The number of ketones is 1. The highest BCUT2D eigenvalue weighted by molar-refractivity contribution is 5.81. The van der Waals surface area contributed by atoms with Gasteiger partial charge in [-0.25, -0.2) is 0 Å². The summed E-state index contributed by atoms with van der Waals surface area (Å²) >= 11 is 0. The first-order valence-electron chi connectivity index (χ1n) is 12.0. The normalized spacial score (nSPS) is 20.6. The van der Waals surface area contributed by atoms with E-state index in [2.05, 4.69) is 13.8 Å². The Morgan fingerprint density at radius 1 is 0.963 bits per heavy atom. The minimum absolute atomic E-state index is 0.116. The second-order valence-corrected chi connectivity index (χ2v) is 10.1. The fourth-order valence-electron chi connectivity index (χ4n) is 4.64. The molecule has 0 aliphatic heterocycles. The summed E-state index contributed by atoms with van der Waals surface area (Å²) < 4.78 is 0. The Morgan fingerprint density at radius 2 is 1.48 bits per heavy atom. The van der Waals surface area contributed by atoms with Gasteiger partial charge in [-0.15, -0.1) is 0 Å². The molecule has 0 spiro atoms. The van der Waals surface area contributed by atoms with Crippen LogP contribution in [0.1, 0.15) is 130 Å². The Bertz CT molecular complexity index is 374. The minimum Gasteiger partial charge on any atom is -0.393 e. The van der Waals surface area contributed by atoms with Crippen LogP contribution in [-0.4, -0.2) is 17.0 Å². The fraction of sp³-hybridized carbons (Fsp3) is 0.960. The van der Waals surface area contributed by atoms with Gasteiger partial charge in [-0.3, -0.25) is 4.79 Å². The third-order valence-electron chi connectivity index (χ3n) is 6.74. The lowest BCUT2D eigenvalue weighted by Crippen LogP contribution is -2.24. The van der Waals surface area contributed by atoms with E-state index in [0.717, 1.165) is 31.6 Å². The van der Waals surface area contributed by atoms with Crippen molar-refractivity contribution in [2.45, 2.75) is 137 Å². The van der Waals surface area contributed by atoms with E-state index < -0.39 is 0 Å². The molecule has 2 aliphatic rings. The fourth-order valence-corrected chi connectivity index (χ4v) is 4.64. The van der Waals surface area contributed by atoms with Gasteiger partial charge in [0.1, 0.15) is 5.78 Å². The highest BCUT2D eigenvalue weighted by atomic mass is 16.3. The van der Waals surface area contributed by atoms with Crippen LogP contribution in [0.2, 0.25) is 0 Å². The van der Waals surface area contributed by atoms with Crippen molar-refractivity contribution in [1.29, 1.82) is 0 Å². The molecule has 1 atom stereocenters. The molecule has 0 aromatic rings. The van der Waals surface area contributed by atoms with E-state index in [0.29, 0.717) is 11.7 Å². The largest absolute Gasteiger partial charge is 0.393 e. The smallest absolute Gasteiger partial charge is 0.136 e. The summed E-state index contributed by atoms with van der Waals surface area (Å²) in [5.41, 5.74) is 0.223. The van der Waals surface area contributed by atoms with Crippen molar-refractivity contribution >= 4 is 5.78 Å². The average molecular weight is 381 g/mol. The highest BCUT2D eigenvalue weighted by Gasteiger charge is 2.27. The Morgan fingerprint density at radius 3 is 2.00 bits per heavy atom. The van der Waals surface area contributed by atoms with Crippen molar-refractivity contribution in [2.75, 3.05) is 0 Å². The van der Waals surface area contributed by atoms with Crippen LogP contribution >= 0.6 is 0 Å². The van der Waals surface area contributed by atoms with E-state index in [-0.39, 0.29) is 11.5 Å². The summed E-state index contributed by atoms with van der Waals surface area (Å²) in [7, 11) is 0. The number of carbonyl (C=O) groups is 1. The standard InChI is InChI=1S/C21H38O.C4H10O/c1-21(2,17-20(22)19-14-7-4-8-15-19)16-10-9-13-18-11-5-3-6-12-18;1-3-4(2)5/h18-19H,3-17H2,1-2H3;4-5H,3H2,1-2H3. The number of Topliss-reactive ketones (excluding diaryl/α,β-unsaturated/α-hetero) is 1. The van der Waals surface area contributed by atoms with Crippen molar-refractivity contribution in [3.63, 3.8) is 0 Å². The van der Waals surface area contributed by atoms with Gasteiger partial charge in [-0.2, -0.15) is 0 Å². The molecule has 27 heavy (non-hydrogen) atoms. The van der Waals surface area contributed by atoms with E-state index in [9.17, 15) is 4.79 Å². The van der Waals surface area contributed by atoms with Gasteiger partial charge in [0.25, 0.3) is 0 Å². The third kappa shape index (κ3) is 11.9. The predicted octanol–water partition coefficient (Wildman–Crippen LogP) is 7.47. The third-order valence-corrected chi connectivity index (χ3v) is 6.74. The molecule has 1 unspecified atom stereocenters. The molecule has 2 aliphatic carbocycles. The number of hydrogen-bond donors (Lipinski definition) is 1. The number of carbonyl (C=O) groups excluding carboxylic acids is 1. The van der Waals surface area contributed by atoms with Gasteiger partial charge in [0.05, 0.1) is 6.10 Å². The summed E-state index contributed by atoms with van der Waals surface area (Å²) in [6.07, 6.45) is 20.5. The van der Waals surface area contributed by atoms with Gasteiger partial charge < -0.3 is 5.11 Å². The molecule has 0 heterocycles. The summed E-state index contributed by atoms with van der Waals surface area (Å²) in [6, 6.07) is 0.